The van der Waals surface area contributed by atoms with Gasteiger partial charge in [-0.25, -0.2) is 12.7 Å². The van der Waals surface area contributed by atoms with Crippen molar-refractivity contribution in [2.24, 2.45) is 0 Å². The smallest absolute Gasteiger partial charge is 0.254 e. The third-order valence-electron chi connectivity index (χ3n) is 5.84. The molecule has 2 heterocycles. The number of hydrogen-bond acceptors (Lipinski definition) is 6. The second-order valence-corrected chi connectivity index (χ2v) is 10.2. The van der Waals surface area contributed by atoms with Crippen molar-refractivity contribution in [3.63, 3.8) is 0 Å². The van der Waals surface area contributed by atoms with Crippen molar-refractivity contribution in [2.45, 2.75) is 30.2 Å². The number of amides is 1. The summed E-state index contributed by atoms with van der Waals surface area (Å²) in [6.45, 7) is 1.81. The molecule has 1 fully saturated rings. The van der Waals surface area contributed by atoms with Gasteiger partial charge in [0.1, 0.15) is 10.6 Å². The van der Waals surface area contributed by atoms with Gasteiger partial charge in [0.05, 0.1) is 26.4 Å². The molecule has 2 aromatic carbocycles. The van der Waals surface area contributed by atoms with Crippen molar-refractivity contribution < 1.29 is 27.4 Å². The Kier molecular flexibility index (Phi) is 6.30. The van der Waals surface area contributed by atoms with E-state index in [-0.39, 0.29) is 22.6 Å². The molecule has 9 heteroatoms. The molecule has 2 aromatic rings. The average molecular weight is 461 g/mol. The Hall–Kier alpha value is -2.78. The Labute approximate surface area is 188 Å². The molecular weight excluding hydrogens is 432 g/mol. The highest BCUT2D eigenvalue weighted by atomic mass is 32.2. The number of rotatable bonds is 5. The lowest BCUT2D eigenvalue weighted by molar-refractivity contribution is 0.0735. The van der Waals surface area contributed by atoms with Gasteiger partial charge in [-0.15, -0.1) is 0 Å². The Morgan fingerprint density at radius 1 is 1.06 bits per heavy atom. The summed E-state index contributed by atoms with van der Waals surface area (Å²) in [7, 11) is 0.534. The monoisotopic (exact) mass is 460 g/mol. The number of benzene rings is 2. The van der Waals surface area contributed by atoms with E-state index in [0.717, 1.165) is 34.9 Å². The Morgan fingerprint density at radius 2 is 1.81 bits per heavy atom. The molecule has 0 radical (unpaired) electrons. The molecule has 32 heavy (non-hydrogen) atoms. The summed E-state index contributed by atoms with van der Waals surface area (Å²) in [5.41, 5.74) is 1.29. The highest BCUT2D eigenvalue weighted by Gasteiger charge is 2.33. The molecule has 0 spiro atoms. The first-order valence-corrected chi connectivity index (χ1v) is 12.1. The van der Waals surface area contributed by atoms with Gasteiger partial charge in [0.15, 0.2) is 11.5 Å². The minimum Gasteiger partial charge on any atom is -0.495 e. The van der Waals surface area contributed by atoms with Gasteiger partial charge in [-0.3, -0.25) is 4.79 Å². The van der Waals surface area contributed by atoms with Crippen LogP contribution in [0, 0.1) is 0 Å². The lowest BCUT2D eigenvalue weighted by Gasteiger charge is -2.26. The van der Waals surface area contributed by atoms with Gasteiger partial charge in [-0.1, -0.05) is 6.07 Å². The van der Waals surface area contributed by atoms with E-state index >= 15 is 0 Å². The van der Waals surface area contributed by atoms with Gasteiger partial charge in [-0.2, -0.15) is 0 Å². The zero-order chi connectivity index (χ0) is 22.9. The number of likely N-dealkylation sites (tertiary alicyclic amines) is 1. The number of methoxy groups -OCH3 is 1. The number of carbonyl (C=O) groups is 1. The van der Waals surface area contributed by atoms with Crippen molar-refractivity contribution in [1.82, 2.24) is 9.21 Å². The summed E-state index contributed by atoms with van der Waals surface area (Å²) in [5.74, 6) is 1.41. The molecule has 1 atom stereocenters. The van der Waals surface area contributed by atoms with Crippen LogP contribution in [0.3, 0.4) is 0 Å². The molecule has 0 N–H and O–H groups in total. The number of fused-ring (bicyclic) bond motifs is 1. The topological polar surface area (TPSA) is 85.4 Å². The van der Waals surface area contributed by atoms with Crippen LogP contribution in [0.15, 0.2) is 41.3 Å². The maximum atomic E-state index is 13.4. The summed E-state index contributed by atoms with van der Waals surface area (Å²) < 4.78 is 43.4. The molecule has 1 saturated heterocycles. The summed E-state index contributed by atoms with van der Waals surface area (Å²) in [6, 6.07) is 10.2. The zero-order valence-electron chi connectivity index (χ0n) is 18.5. The van der Waals surface area contributed by atoms with Crippen LogP contribution in [0.1, 0.15) is 41.2 Å². The quantitative estimate of drug-likeness (QED) is 0.682. The van der Waals surface area contributed by atoms with Crippen LogP contribution in [-0.4, -0.2) is 64.5 Å². The van der Waals surface area contributed by atoms with Gasteiger partial charge in [0, 0.05) is 32.6 Å². The molecule has 0 aliphatic carbocycles. The zero-order valence-corrected chi connectivity index (χ0v) is 19.4. The molecule has 1 unspecified atom stereocenters. The van der Waals surface area contributed by atoms with Crippen molar-refractivity contribution in [1.29, 1.82) is 0 Å². The predicted octanol–water partition coefficient (Wildman–Crippen LogP) is 3.08. The second kappa shape index (κ2) is 8.99. The standard InChI is InChI=1S/C23H28N2O6S/c1-24(2)32(27,28)22-15-17(8-10-20(22)29-3)23(26)25-11-4-6-18(25)16-7-9-19-21(14-16)31-13-5-12-30-19/h7-10,14-15,18H,4-6,11-13H2,1-3H3. The van der Waals surface area contributed by atoms with E-state index in [2.05, 4.69) is 0 Å². The van der Waals surface area contributed by atoms with Crippen molar-refractivity contribution in [3.8, 4) is 17.2 Å². The summed E-state index contributed by atoms with van der Waals surface area (Å²) in [6.07, 6.45) is 2.52. The fraction of sp³-hybridized carbons (Fsp3) is 0.435. The number of ether oxygens (including phenoxy) is 3. The van der Waals surface area contributed by atoms with Crippen LogP contribution in [-0.2, 0) is 10.0 Å². The van der Waals surface area contributed by atoms with E-state index in [1.807, 2.05) is 18.2 Å². The van der Waals surface area contributed by atoms with Gasteiger partial charge in [-0.05, 0) is 48.7 Å². The number of hydrogen-bond donors (Lipinski definition) is 0. The van der Waals surface area contributed by atoms with E-state index in [1.54, 1.807) is 11.0 Å². The lowest BCUT2D eigenvalue weighted by atomic mass is 10.0. The maximum Gasteiger partial charge on any atom is 0.254 e. The molecule has 0 aromatic heterocycles. The van der Waals surface area contributed by atoms with E-state index in [1.165, 1.54) is 33.3 Å². The fourth-order valence-corrected chi connectivity index (χ4v) is 5.19. The largest absolute Gasteiger partial charge is 0.495 e. The second-order valence-electron chi connectivity index (χ2n) is 8.07. The van der Waals surface area contributed by atoms with Gasteiger partial charge >= 0.3 is 0 Å². The number of nitrogens with zero attached hydrogens (tertiary/aromatic N) is 2. The first-order chi connectivity index (χ1) is 15.3. The molecule has 0 bridgehead atoms. The van der Waals surface area contributed by atoms with Crippen LogP contribution in [0.25, 0.3) is 0 Å². The Bertz CT molecular complexity index is 1120. The normalized spacial score (nSPS) is 18.5. The first kappa shape index (κ1) is 22.4. The molecule has 4 rings (SSSR count). The molecule has 8 nitrogen and oxygen atoms in total. The molecule has 2 aliphatic heterocycles. The highest BCUT2D eigenvalue weighted by Crippen LogP contribution is 2.39. The SMILES string of the molecule is COc1ccc(C(=O)N2CCCC2c2ccc3c(c2)OCCCO3)cc1S(=O)(=O)N(C)C. The van der Waals surface area contributed by atoms with Crippen molar-refractivity contribution >= 4 is 15.9 Å². The van der Waals surface area contributed by atoms with E-state index in [9.17, 15) is 13.2 Å². The highest BCUT2D eigenvalue weighted by molar-refractivity contribution is 7.89. The first-order valence-electron chi connectivity index (χ1n) is 10.6. The molecular formula is C23H28N2O6S. The van der Waals surface area contributed by atoms with E-state index < -0.39 is 10.0 Å². The third kappa shape index (κ3) is 4.14. The van der Waals surface area contributed by atoms with Gasteiger partial charge in [0.25, 0.3) is 5.91 Å². The minimum absolute atomic E-state index is 0.0258. The molecule has 1 amide bonds. The van der Waals surface area contributed by atoms with E-state index in [0.29, 0.717) is 31.1 Å². The minimum atomic E-state index is -3.77. The van der Waals surface area contributed by atoms with Crippen LogP contribution >= 0.6 is 0 Å². The number of sulfonamides is 1. The lowest BCUT2D eigenvalue weighted by Crippen LogP contribution is -2.31. The average Bonchev–Trinajstić information content (AvgIpc) is 3.16. The number of carbonyl (C=O) groups excluding carboxylic acids is 1. The summed E-state index contributed by atoms with van der Waals surface area (Å²) in [5, 5.41) is 0. The van der Waals surface area contributed by atoms with Crippen LogP contribution < -0.4 is 14.2 Å². The van der Waals surface area contributed by atoms with E-state index in [4.69, 9.17) is 14.2 Å². The molecule has 172 valence electrons. The fourth-order valence-electron chi connectivity index (χ4n) is 4.12. The van der Waals surface area contributed by atoms with Gasteiger partial charge < -0.3 is 19.1 Å². The third-order valence-corrected chi connectivity index (χ3v) is 7.68. The van der Waals surface area contributed by atoms with Crippen LogP contribution in [0.5, 0.6) is 17.2 Å². The van der Waals surface area contributed by atoms with Crippen molar-refractivity contribution in [2.75, 3.05) is 41.0 Å². The Morgan fingerprint density at radius 3 is 2.53 bits per heavy atom. The maximum absolute atomic E-state index is 13.4. The molecule has 0 saturated carbocycles. The van der Waals surface area contributed by atoms with Crippen LogP contribution in [0.4, 0.5) is 0 Å². The summed E-state index contributed by atoms with van der Waals surface area (Å²) >= 11 is 0. The van der Waals surface area contributed by atoms with Crippen LogP contribution in [0.2, 0.25) is 0 Å². The molecule has 2 aliphatic rings. The predicted molar refractivity (Wildman–Crippen MR) is 119 cm³/mol. The Balaban J connectivity index is 1.65. The summed E-state index contributed by atoms with van der Waals surface area (Å²) in [4.78, 5) is 15.2. The van der Waals surface area contributed by atoms with Gasteiger partial charge in [0.2, 0.25) is 10.0 Å². The van der Waals surface area contributed by atoms with Crippen molar-refractivity contribution in [3.05, 3.63) is 47.5 Å².